The number of para-hydroxylation sites is 1. The Balaban J connectivity index is 2.41. The molecule has 2 aromatic rings. The molecule has 92 valence electrons. The molecule has 0 radical (unpaired) electrons. The molecule has 0 saturated heterocycles. The van der Waals surface area contributed by atoms with Gasteiger partial charge in [-0.25, -0.2) is 10.2 Å². The van der Waals surface area contributed by atoms with Gasteiger partial charge in [-0.3, -0.25) is 0 Å². The highest BCUT2D eigenvalue weighted by atomic mass is 16.2. The maximum atomic E-state index is 10.5. The van der Waals surface area contributed by atoms with Crippen molar-refractivity contribution in [2.24, 2.45) is 10.8 Å². The third kappa shape index (κ3) is 2.40. The molecule has 0 aliphatic carbocycles. The molecule has 18 heavy (non-hydrogen) atoms. The van der Waals surface area contributed by atoms with Gasteiger partial charge >= 0.3 is 6.03 Å². The van der Waals surface area contributed by atoms with Crippen LogP contribution >= 0.6 is 0 Å². The van der Waals surface area contributed by atoms with E-state index in [2.05, 4.69) is 21.7 Å². The van der Waals surface area contributed by atoms with Gasteiger partial charge in [0.1, 0.15) is 0 Å². The summed E-state index contributed by atoms with van der Waals surface area (Å²) in [5.74, 6) is 0. The third-order valence-corrected chi connectivity index (χ3v) is 2.52. The summed E-state index contributed by atoms with van der Waals surface area (Å²) < 4.78 is 2.06. The Bertz CT molecular complexity index is 612. The monoisotopic (exact) mass is 242 g/mol. The molecule has 0 fully saturated rings. The van der Waals surface area contributed by atoms with Crippen LogP contribution in [0.5, 0.6) is 0 Å². The number of hydrogen-bond acceptors (Lipinski definition) is 2. The molecule has 1 aromatic heterocycles. The van der Waals surface area contributed by atoms with E-state index in [0.29, 0.717) is 0 Å². The third-order valence-electron chi connectivity index (χ3n) is 2.52. The fourth-order valence-electron chi connectivity index (χ4n) is 1.83. The van der Waals surface area contributed by atoms with E-state index < -0.39 is 6.03 Å². The minimum absolute atomic E-state index is 0.680. The fraction of sp³-hybridized carbons (Fsp3) is 0.0769. The van der Waals surface area contributed by atoms with Gasteiger partial charge in [0.05, 0.1) is 6.21 Å². The molecular weight excluding hydrogens is 228 g/mol. The molecule has 0 spiro atoms. The largest absolute Gasteiger partial charge is 0.350 e. The Kier molecular flexibility index (Phi) is 3.43. The van der Waals surface area contributed by atoms with Crippen molar-refractivity contribution in [3.63, 3.8) is 0 Å². The number of nitrogens with zero attached hydrogens (tertiary/aromatic N) is 2. The van der Waals surface area contributed by atoms with Gasteiger partial charge in [0.25, 0.3) is 0 Å². The number of benzene rings is 1. The van der Waals surface area contributed by atoms with Gasteiger partial charge in [-0.2, -0.15) is 5.10 Å². The predicted molar refractivity (Wildman–Crippen MR) is 72.4 cm³/mol. The van der Waals surface area contributed by atoms with E-state index in [4.69, 9.17) is 5.73 Å². The van der Waals surface area contributed by atoms with Crippen LogP contribution in [0.1, 0.15) is 5.56 Å². The topological polar surface area (TPSA) is 72.4 Å². The number of carbonyl (C=O) groups is 1. The summed E-state index contributed by atoms with van der Waals surface area (Å²) in [6.45, 7) is 4.45. The van der Waals surface area contributed by atoms with E-state index in [9.17, 15) is 4.79 Å². The zero-order valence-electron chi connectivity index (χ0n) is 9.84. The first kappa shape index (κ1) is 11.9. The Hall–Kier alpha value is -2.56. The number of primary amides is 1. The maximum Gasteiger partial charge on any atom is 0.332 e. The molecule has 1 heterocycles. The summed E-state index contributed by atoms with van der Waals surface area (Å²) in [5.41, 5.74) is 9.13. The van der Waals surface area contributed by atoms with Crippen molar-refractivity contribution < 1.29 is 4.79 Å². The molecular formula is C13H14N4O. The smallest absolute Gasteiger partial charge is 0.332 e. The number of amides is 2. The second-order valence-electron chi connectivity index (χ2n) is 3.78. The Labute approximate surface area is 105 Å². The van der Waals surface area contributed by atoms with Crippen molar-refractivity contribution in [2.75, 3.05) is 0 Å². The SMILES string of the molecule is C=CCn1cc(/C=N\NC(N)=O)c2ccccc21. The van der Waals surface area contributed by atoms with Crippen LogP contribution < -0.4 is 11.2 Å². The number of urea groups is 1. The molecule has 0 aliphatic rings. The van der Waals surface area contributed by atoms with Gasteiger partial charge in [0, 0.05) is 29.2 Å². The number of hydrazone groups is 1. The van der Waals surface area contributed by atoms with Crippen molar-refractivity contribution in [3.8, 4) is 0 Å². The average molecular weight is 242 g/mol. The molecule has 0 atom stereocenters. The zero-order chi connectivity index (χ0) is 13.0. The average Bonchev–Trinajstić information content (AvgIpc) is 2.69. The first-order valence-corrected chi connectivity index (χ1v) is 5.49. The van der Waals surface area contributed by atoms with Gasteiger partial charge < -0.3 is 10.3 Å². The van der Waals surface area contributed by atoms with Crippen LogP contribution in [0, 0.1) is 0 Å². The van der Waals surface area contributed by atoms with Crippen LogP contribution in [0.25, 0.3) is 10.9 Å². The van der Waals surface area contributed by atoms with Crippen LogP contribution in [-0.2, 0) is 6.54 Å². The molecule has 5 heteroatoms. The predicted octanol–water partition coefficient (Wildman–Crippen LogP) is 1.83. The number of nitrogens with one attached hydrogen (secondary N) is 1. The molecule has 5 nitrogen and oxygen atoms in total. The highest BCUT2D eigenvalue weighted by Crippen LogP contribution is 2.19. The lowest BCUT2D eigenvalue weighted by molar-refractivity contribution is 0.249. The van der Waals surface area contributed by atoms with Gasteiger partial charge in [-0.15, -0.1) is 6.58 Å². The highest BCUT2D eigenvalue weighted by Gasteiger charge is 2.04. The van der Waals surface area contributed by atoms with Crippen molar-refractivity contribution in [3.05, 3.63) is 48.7 Å². The van der Waals surface area contributed by atoms with E-state index in [1.807, 2.05) is 36.5 Å². The summed E-state index contributed by atoms with van der Waals surface area (Å²) in [6, 6.07) is 7.28. The number of nitrogens with two attached hydrogens (primary N) is 1. The Morgan fingerprint density at radius 1 is 1.50 bits per heavy atom. The maximum absolute atomic E-state index is 10.5. The number of aromatic nitrogens is 1. The van der Waals surface area contributed by atoms with E-state index in [1.54, 1.807) is 6.21 Å². The first-order chi connectivity index (χ1) is 8.72. The number of allylic oxidation sites excluding steroid dienone is 1. The van der Waals surface area contributed by atoms with Crippen LogP contribution in [0.4, 0.5) is 4.79 Å². The van der Waals surface area contributed by atoms with Gasteiger partial charge in [-0.05, 0) is 6.07 Å². The fourth-order valence-corrected chi connectivity index (χ4v) is 1.83. The number of fused-ring (bicyclic) bond motifs is 1. The minimum Gasteiger partial charge on any atom is -0.350 e. The second-order valence-corrected chi connectivity index (χ2v) is 3.78. The van der Waals surface area contributed by atoms with E-state index in [-0.39, 0.29) is 0 Å². The normalized spacial score (nSPS) is 10.9. The first-order valence-electron chi connectivity index (χ1n) is 5.49. The van der Waals surface area contributed by atoms with Crippen LogP contribution in [0.15, 0.2) is 48.2 Å². The quantitative estimate of drug-likeness (QED) is 0.479. The number of rotatable bonds is 4. The molecule has 0 unspecified atom stereocenters. The van der Waals surface area contributed by atoms with Gasteiger partial charge in [0.15, 0.2) is 0 Å². The Morgan fingerprint density at radius 2 is 2.28 bits per heavy atom. The van der Waals surface area contributed by atoms with Crippen molar-refractivity contribution in [1.82, 2.24) is 9.99 Å². The van der Waals surface area contributed by atoms with Gasteiger partial charge in [0.2, 0.25) is 0 Å². The Morgan fingerprint density at radius 3 is 3.00 bits per heavy atom. The highest BCUT2D eigenvalue weighted by molar-refractivity contribution is 5.99. The van der Waals surface area contributed by atoms with Crippen molar-refractivity contribution >= 4 is 23.1 Å². The van der Waals surface area contributed by atoms with Crippen LogP contribution in [0.2, 0.25) is 0 Å². The summed E-state index contributed by atoms with van der Waals surface area (Å²) in [6.07, 6.45) is 5.36. The van der Waals surface area contributed by atoms with E-state index >= 15 is 0 Å². The van der Waals surface area contributed by atoms with Crippen LogP contribution in [-0.4, -0.2) is 16.8 Å². The standard InChI is InChI=1S/C13H14N4O/c1-2-7-17-9-10(8-15-16-13(14)18)11-5-3-4-6-12(11)17/h2-6,8-9H,1,7H2,(H3,14,16,18)/b15-8-. The van der Waals surface area contributed by atoms with E-state index in [1.165, 1.54) is 0 Å². The number of carbonyl (C=O) groups excluding carboxylic acids is 1. The van der Waals surface area contributed by atoms with Gasteiger partial charge in [-0.1, -0.05) is 24.3 Å². The molecule has 0 saturated carbocycles. The summed E-state index contributed by atoms with van der Waals surface area (Å²) >= 11 is 0. The summed E-state index contributed by atoms with van der Waals surface area (Å²) in [5, 5.41) is 4.84. The van der Waals surface area contributed by atoms with Crippen molar-refractivity contribution in [2.45, 2.75) is 6.54 Å². The lowest BCUT2D eigenvalue weighted by Gasteiger charge is -1.98. The molecule has 0 aliphatic heterocycles. The molecule has 2 amide bonds. The molecule has 3 N–H and O–H groups in total. The number of hydrogen-bond donors (Lipinski definition) is 2. The minimum atomic E-state index is -0.680. The lowest BCUT2D eigenvalue weighted by Crippen LogP contribution is -2.24. The zero-order valence-corrected chi connectivity index (χ0v) is 9.84. The molecule has 2 rings (SSSR count). The van der Waals surface area contributed by atoms with E-state index in [0.717, 1.165) is 23.0 Å². The van der Waals surface area contributed by atoms with Crippen molar-refractivity contribution in [1.29, 1.82) is 0 Å². The summed E-state index contributed by atoms with van der Waals surface area (Å²) in [4.78, 5) is 10.5. The molecule has 1 aromatic carbocycles. The summed E-state index contributed by atoms with van der Waals surface area (Å²) in [7, 11) is 0. The second kappa shape index (κ2) is 5.18. The lowest BCUT2D eigenvalue weighted by atomic mass is 10.2. The van der Waals surface area contributed by atoms with Crippen LogP contribution in [0.3, 0.4) is 0 Å². The molecule has 0 bridgehead atoms.